The molecule has 2 rings (SSSR count). The molecule has 24 heavy (non-hydrogen) atoms. The fourth-order valence-corrected chi connectivity index (χ4v) is 3.11. The molecule has 1 amide bonds. The third-order valence-electron chi connectivity index (χ3n) is 4.46. The first-order valence-electron chi connectivity index (χ1n) is 8.80. The highest BCUT2D eigenvalue weighted by molar-refractivity contribution is 5.78. The van der Waals surface area contributed by atoms with Crippen LogP contribution < -0.4 is 5.32 Å². The number of methoxy groups -OCH3 is 1. The molecule has 1 atom stereocenters. The van der Waals surface area contributed by atoms with Crippen molar-refractivity contribution in [2.45, 2.75) is 38.6 Å². The molecular weight excluding hydrogens is 304 g/mol. The highest BCUT2D eigenvalue weighted by atomic mass is 16.5. The van der Waals surface area contributed by atoms with Gasteiger partial charge in [0, 0.05) is 26.1 Å². The van der Waals surface area contributed by atoms with Crippen LogP contribution in [0.15, 0.2) is 30.3 Å². The van der Waals surface area contributed by atoms with Crippen LogP contribution in [-0.2, 0) is 20.9 Å². The van der Waals surface area contributed by atoms with Gasteiger partial charge in [0.25, 0.3) is 0 Å². The molecular formula is C19H28N2O3. The van der Waals surface area contributed by atoms with Crippen LogP contribution in [0.25, 0.3) is 0 Å². The summed E-state index contributed by atoms with van der Waals surface area (Å²) in [5.41, 5.74) is 1.29. The van der Waals surface area contributed by atoms with Crippen molar-refractivity contribution >= 4 is 11.9 Å². The van der Waals surface area contributed by atoms with Crippen LogP contribution in [0.3, 0.4) is 0 Å². The van der Waals surface area contributed by atoms with Crippen molar-refractivity contribution in [2.24, 2.45) is 5.92 Å². The Morgan fingerprint density at radius 2 is 2.04 bits per heavy atom. The van der Waals surface area contributed by atoms with Crippen LogP contribution in [0.1, 0.15) is 37.7 Å². The van der Waals surface area contributed by atoms with E-state index in [1.54, 1.807) is 0 Å². The van der Waals surface area contributed by atoms with Gasteiger partial charge in [0.2, 0.25) is 5.91 Å². The molecule has 0 saturated carbocycles. The quantitative estimate of drug-likeness (QED) is 0.586. The SMILES string of the molecule is COC(=O)CCCCNC(=O)C1CCCN(Cc2ccccc2)C1. The molecule has 0 radical (unpaired) electrons. The lowest BCUT2D eigenvalue weighted by Gasteiger charge is -2.32. The zero-order valence-electron chi connectivity index (χ0n) is 14.5. The third-order valence-corrected chi connectivity index (χ3v) is 4.46. The maximum Gasteiger partial charge on any atom is 0.305 e. The molecule has 5 nitrogen and oxygen atoms in total. The van der Waals surface area contributed by atoms with Gasteiger partial charge >= 0.3 is 5.97 Å². The van der Waals surface area contributed by atoms with Gasteiger partial charge in [-0.3, -0.25) is 14.5 Å². The van der Waals surface area contributed by atoms with E-state index in [1.165, 1.54) is 12.7 Å². The zero-order valence-corrected chi connectivity index (χ0v) is 14.5. The average Bonchev–Trinajstić information content (AvgIpc) is 2.62. The van der Waals surface area contributed by atoms with E-state index in [4.69, 9.17) is 0 Å². The predicted octanol–water partition coefficient (Wildman–Crippen LogP) is 2.36. The summed E-state index contributed by atoms with van der Waals surface area (Å²) < 4.78 is 4.60. The van der Waals surface area contributed by atoms with Crippen molar-refractivity contribution in [3.8, 4) is 0 Å². The minimum Gasteiger partial charge on any atom is -0.469 e. The summed E-state index contributed by atoms with van der Waals surface area (Å²) in [6.45, 7) is 3.41. The zero-order chi connectivity index (χ0) is 17.2. The number of benzene rings is 1. The summed E-state index contributed by atoms with van der Waals surface area (Å²) in [6.07, 6.45) is 3.99. The normalized spacial score (nSPS) is 18.1. The lowest BCUT2D eigenvalue weighted by Crippen LogP contribution is -2.42. The highest BCUT2D eigenvalue weighted by Crippen LogP contribution is 2.18. The van der Waals surface area contributed by atoms with Crippen LogP contribution in [0.4, 0.5) is 0 Å². The Morgan fingerprint density at radius 3 is 2.79 bits per heavy atom. The number of unbranched alkanes of at least 4 members (excludes halogenated alkanes) is 1. The molecule has 132 valence electrons. The second-order valence-electron chi connectivity index (χ2n) is 6.38. The van der Waals surface area contributed by atoms with Gasteiger partial charge in [-0.05, 0) is 37.8 Å². The molecule has 5 heteroatoms. The molecule has 1 heterocycles. The molecule has 1 N–H and O–H groups in total. The van der Waals surface area contributed by atoms with Crippen LogP contribution >= 0.6 is 0 Å². The van der Waals surface area contributed by atoms with Crippen molar-refractivity contribution in [1.82, 2.24) is 10.2 Å². The molecule has 1 aliphatic rings. The van der Waals surface area contributed by atoms with E-state index in [0.29, 0.717) is 13.0 Å². The fourth-order valence-electron chi connectivity index (χ4n) is 3.11. The lowest BCUT2D eigenvalue weighted by atomic mass is 9.96. The molecule has 0 aliphatic carbocycles. The number of carbonyl (C=O) groups is 2. The lowest BCUT2D eigenvalue weighted by molar-refractivity contribution is -0.140. The van der Waals surface area contributed by atoms with Crippen molar-refractivity contribution in [1.29, 1.82) is 0 Å². The predicted molar refractivity (Wildman–Crippen MR) is 93.3 cm³/mol. The number of hydrogen-bond donors (Lipinski definition) is 1. The second kappa shape index (κ2) is 10.1. The van der Waals surface area contributed by atoms with Gasteiger partial charge in [0.15, 0.2) is 0 Å². The van der Waals surface area contributed by atoms with Crippen molar-refractivity contribution in [3.63, 3.8) is 0 Å². The van der Waals surface area contributed by atoms with Gasteiger partial charge in [-0.25, -0.2) is 0 Å². The van der Waals surface area contributed by atoms with Gasteiger partial charge in [-0.15, -0.1) is 0 Å². The number of carbonyl (C=O) groups excluding carboxylic acids is 2. The van der Waals surface area contributed by atoms with Gasteiger partial charge in [-0.2, -0.15) is 0 Å². The number of esters is 1. The first kappa shape index (κ1) is 18.5. The summed E-state index contributed by atoms with van der Waals surface area (Å²) in [4.78, 5) is 25.7. The Balaban J connectivity index is 1.67. The molecule has 0 bridgehead atoms. The first-order chi connectivity index (χ1) is 11.7. The van der Waals surface area contributed by atoms with Crippen LogP contribution in [-0.4, -0.2) is 43.5 Å². The molecule has 0 spiro atoms. The maximum absolute atomic E-state index is 12.3. The third kappa shape index (κ3) is 6.32. The largest absolute Gasteiger partial charge is 0.469 e. The van der Waals surface area contributed by atoms with E-state index in [2.05, 4.69) is 39.2 Å². The summed E-state index contributed by atoms with van der Waals surface area (Å²) in [5.74, 6) is 0.0269. The Morgan fingerprint density at radius 1 is 1.25 bits per heavy atom. The summed E-state index contributed by atoms with van der Waals surface area (Å²) in [6, 6.07) is 10.4. The fraction of sp³-hybridized carbons (Fsp3) is 0.579. The van der Waals surface area contributed by atoms with E-state index in [1.807, 2.05) is 6.07 Å². The van der Waals surface area contributed by atoms with Crippen LogP contribution in [0.2, 0.25) is 0 Å². The number of rotatable bonds is 8. The standard InChI is InChI=1S/C19H28N2O3/c1-24-18(22)11-5-6-12-20-19(23)17-10-7-13-21(15-17)14-16-8-3-2-4-9-16/h2-4,8-9,17H,5-7,10-15H2,1H3,(H,20,23). The summed E-state index contributed by atoms with van der Waals surface area (Å²) in [7, 11) is 1.40. The number of likely N-dealkylation sites (tertiary alicyclic amines) is 1. The smallest absolute Gasteiger partial charge is 0.305 e. The highest BCUT2D eigenvalue weighted by Gasteiger charge is 2.25. The Kier molecular flexibility index (Phi) is 7.75. The van der Waals surface area contributed by atoms with Crippen molar-refractivity contribution in [2.75, 3.05) is 26.7 Å². The minimum absolute atomic E-state index is 0.0723. The van der Waals surface area contributed by atoms with E-state index in [-0.39, 0.29) is 17.8 Å². The summed E-state index contributed by atoms with van der Waals surface area (Å²) in [5, 5.41) is 3.01. The minimum atomic E-state index is -0.190. The maximum atomic E-state index is 12.3. The molecule has 1 aromatic carbocycles. The van der Waals surface area contributed by atoms with Gasteiger partial charge < -0.3 is 10.1 Å². The van der Waals surface area contributed by atoms with Gasteiger partial charge in [-0.1, -0.05) is 30.3 Å². The number of ether oxygens (including phenoxy) is 1. The number of nitrogens with zero attached hydrogens (tertiary/aromatic N) is 1. The van der Waals surface area contributed by atoms with E-state index >= 15 is 0 Å². The Labute approximate surface area is 144 Å². The topological polar surface area (TPSA) is 58.6 Å². The Hall–Kier alpha value is -1.88. The monoisotopic (exact) mass is 332 g/mol. The molecule has 1 saturated heterocycles. The molecule has 1 aliphatic heterocycles. The van der Waals surface area contributed by atoms with E-state index in [0.717, 1.165) is 45.3 Å². The van der Waals surface area contributed by atoms with Crippen molar-refractivity contribution in [3.05, 3.63) is 35.9 Å². The summed E-state index contributed by atoms with van der Waals surface area (Å²) >= 11 is 0. The van der Waals surface area contributed by atoms with Gasteiger partial charge in [0.05, 0.1) is 13.0 Å². The first-order valence-corrected chi connectivity index (χ1v) is 8.80. The number of nitrogens with one attached hydrogen (secondary N) is 1. The average molecular weight is 332 g/mol. The second-order valence-corrected chi connectivity index (χ2v) is 6.38. The van der Waals surface area contributed by atoms with Crippen molar-refractivity contribution < 1.29 is 14.3 Å². The van der Waals surface area contributed by atoms with Crippen LogP contribution in [0.5, 0.6) is 0 Å². The van der Waals surface area contributed by atoms with Crippen LogP contribution in [0, 0.1) is 5.92 Å². The Bertz CT molecular complexity index is 519. The van der Waals surface area contributed by atoms with E-state index < -0.39 is 0 Å². The number of hydrogen-bond acceptors (Lipinski definition) is 4. The molecule has 0 aromatic heterocycles. The van der Waals surface area contributed by atoms with Gasteiger partial charge in [0.1, 0.15) is 0 Å². The molecule has 1 aromatic rings. The molecule has 1 unspecified atom stereocenters. The number of piperidine rings is 1. The molecule has 1 fully saturated rings. The van der Waals surface area contributed by atoms with E-state index in [9.17, 15) is 9.59 Å². The number of amides is 1.